The highest BCUT2D eigenvalue weighted by Gasteiger charge is 2.22. The summed E-state index contributed by atoms with van der Waals surface area (Å²) in [6.45, 7) is 3.52. The second kappa shape index (κ2) is 10.6. The number of amides is 1. The van der Waals surface area contributed by atoms with E-state index in [2.05, 4.69) is 4.90 Å². The highest BCUT2D eigenvalue weighted by molar-refractivity contribution is 7.98. The molecule has 0 unspecified atom stereocenters. The lowest BCUT2D eigenvalue weighted by Crippen LogP contribution is -2.33. The largest absolute Gasteiger partial charge is 0.309 e. The Bertz CT molecular complexity index is 991. The van der Waals surface area contributed by atoms with Crippen molar-refractivity contribution in [3.05, 3.63) is 52.5 Å². The number of anilines is 1. The molecule has 0 spiro atoms. The monoisotopic (exact) mass is 469 g/mol. The Morgan fingerprint density at radius 2 is 1.97 bits per heavy atom. The van der Waals surface area contributed by atoms with Gasteiger partial charge in [-0.15, -0.1) is 24.2 Å². The zero-order valence-electron chi connectivity index (χ0n) is 16.9. The van der Waals surface area contributed by atoms with E-state index in [-0.39, 0.29) is 18.3 Å². The van der Waals surface area contributed by atoms with Gasteiger partial charge in [-0.25, -0.2) is 4.98 Å². The van der Waals surface area contributed by atoms with E-state index in [0.717, 1.165) is 38.8 Å². The van der Waals surface area contributed by atoms with Crippen LogP contribution in [0.25, 0.3) is 10.2 Å². The van der Waals surface area contributed by atoms with Gasteiger partial charge in [0.1, 0.15) is 0 Å². The second-order valence-corrected chi connectivity index (χ2v) is 9.24. The van der Waals surface area contributed by atoms with Crippen LogP contribution in [0.2, 0.25) is 5.02 Å². The summed E-state index contributed by atoms with van der Waals surface area (Å²) in [7, 11) is 4.08. The fourth-order valence-corrected chi connectivity index (χ4v) is 4.90. The molecule has 0 saturated heterocycles. The van der Waals surface area contributed by atoms with Crippen LogP contribution in [0, 0.1) is 6.92 Å². The molecule has 2 aromatic carbocycles. The molecule has 0 atom stereocenters. The van der Waals surface area contributed by atoms with Crippen LogP contribution in [0.5, 0.6) is 0 Å². The molecule has 8 heteroatoms. The molecule has 0 saturated carbocycles. The van der Waals surface area contributed by atoms with Crippen LogP contribution in [-0.4, -0.2) is 49.2 Å². The third kappa shape index (κ3) is 5.86. The second-order valence-electron chi connectivity index (χ2n) is 6.91. The van der Waals surface area contributed by atoms with Gasteiger partial charge in [0, 0.05) is 22.0 Å². The predicted molar refractivity (Wildman–Crippen MR) is 130 cm³/mol. The molecule has 0 bridgehead atoms. The third-order valence-corrected chi connectivity index (χ3v) is 6.39. The number of benzene rings is 2. The van der Waals surface area contributed by atoms with Crippen LogP contribution in [0.1, 0.15) is 22.3 Å². The van der Waals surface area contributed by atoms with E-state index < -0.39 is 0 Å². The van der Waals surface area contributed by atoms with Crippen molar-refractivity contribution < 1.29 is 4.79 Å². The maximum Gasteiger partial charge on any atom is 0.260 e. The Morgan fingerprint density at radius 3 is 2.66 bits per heavy atom. The smallest absolute Gasteiger partial charge is 0.260 e. The van der Waals surface area contributed by atoms with Gasteiger partial charge in [0.15, 0.2) is 5.13 Å². The molecule has 0 aliphatic carbocycles. The maximum absolute atomic E-state index is 13.4. The summed E-state index contributed by atoms with van der Waals surface area (Å²) in [5.41, 5.74) is 2.62. The van der Waals surface area contributed by atoms with Crippen LogP contribution in [0.15, 0.2) is 41.3 Å². The van der Waals surface area contributed by atoms with E-state index >= 15 is 0 Å². The molecule has 0 fully saturated rings. The lowest BCUT2D eigenvalue weighted by Gasteiger charge is -2.21. The first kappa shape index (κ1) is 24.0. The van der Waals surface area contributed by atoms with Gasteiger partial charge in [-0.05, 0) is 76.1 Å². The summed E-state index contributed by atoms with van der Waals surface area (Å²) in [4.78, 5) is 23.2. The quantitative estimate of drug-likeness (QED) is 0.397. The number of nitrogens with zero attached hydrogens (tertiary/aromatic N) is 3. The zero-order valence-corrected chi connectivity index (χ0v) is 20.1. The standard InChI is InChI=1S/C21H24ClN3OS2.ClH/c1-14-11-16(22)13-18-19(14)23-21(28-18)25(10-6-9-24(2)3)20(26)15-7-5-8-17(12-15)27-4;/h5,7-8,11-13H,6,9-10H2,1-4H3;1H. The molecule has 0 aliphatic rings. The lowest BCUT2D eigenvalue weighted by atomic mass is 10.2. The normalized spacial score (nSPS) is 11.0. The number of rotatable bonds is 7. The van der Waals surface area contributed by atoms with Crippen LogP contribution in [-0.2, 0) is 0 Å². The highest BCUT2D eigenvalue weighted by Crippen LogP contribution is 2.34. The number of aromatic nitrogens is 1. The summed E-state index contributed by atoms with van der Waals surface area (Å²) < 4.78 is 1.00. The molecule has 1 heterocycles. The Kier molecular flexibility index (Phi) is 8.79. The van der Waals surface area contributed by atoms with Crippen LogP contribution >= 0.6 is 47.1 Å². The predicted octanol–water partition coefficient (Wildman–Crippen LogP) is 6.00. The first-order valence-corrected chi connectivity index (χ1v) is 11.5. The summed E-state index contributed by atoms with van der Waals surface area (Å²) in [5, 5.41) is 1.41. The van der Waals surface area contributed by atoms with E-state index in [4.69, 9.17) is 16.6 Å². The van der Waals surface area contributed by atoms with E-state index in [1.54, 1.807) is 16.7 Å². The van der Waals surface area contributed by atoms with Crippen LogP contribution < -0.4 is 4.90 Å². The molecule has 0 aliphatic heterocycles. The van der Waals surface area contributed by atoms with Gasteiger partial charge in [-0.3, -0.25) is 9.69 Å². The average Bonchev–Trinajstić information content (AvgIpc) is 3.08. The fourth-order valence-electron chi connectivity index (χ4n) is 3.00. The van der Waals surface area contributed by atoms with Crippen molar-refractivity contribution >= 4 is 68.4 Å². The van der Waals surface area contributed by atoms with E-state index in [1.807, 2.05) is 63.7 Å². The van der Waals surface area contributed by atoms with Crippen molar-refractivity contribution in [2.75, 3.05) is 38.3 Å². The van der Waals surface area contributed by atoms with Crippen LogP contribution in [0.3, 0.4) is 0 Å². The molecule has 156 valence electrons. The topological polar surface area (TPSA) is 36.4 Å². The van der Waals surface area contributed by atoms with Gasteiger partial charge in [0.2, 0.25) is 0 Å². The molecule has 29 heavy (non-hydrogen) atoms. The molecule has 0 N–H and O–H groups in total. The van der Waals surface area contributed by atoms with Crippen molar-refractivity contribution in [2.45, 2.75) is 18.2 Å². The van der Waals surface area contributed by atoms with Crippen molar-refractivity contribution in [1.82, 2.24) is 9.88 Å². The van der Waals surface area contributed by atoms with Gasteiger partial charge < -0.3 is 4.90 Å². The first-order valence-electron chi connectivity index (χ1n) is 9.06. The van der Waals surface area contributed by atoms with Crippen molar-refractivity contribution in [1.29, 1.82) is 0 Å². The van der Waals surface area contributed by atoms with Gasteiger partial charge in [0.25, 0.3) is 5.91 Å². The number of fused-ring (bicyclic) bond motifs is 1. The van der Waals surface area contributed by atoms with Gasteiger partial charge in [0.05, 0.1) is 10.2 Å². The van der Waals surface area contributed by atoms with Crippen molar-refractivity contribution in [3.8, 4) is 0 Å². The van der Waals surface area contributed by atoms with E-state index in [1.165, 1.54) is 11.3 Å². The minimum absolute atomic E-state index is 0. The van der Waals surface area contributed by atoms with E-state index in [9.17, 15) is 4.79 Å². The van der Waals surface area contributed by atoms with Crippen molar-refractivity contribution in [3.63, 3.8) is 0 Å². The molecule has 4 nitrogen and oxygen atoms in total. The van der Waals surface area contributed by atoms with Crippen LogP contribution in [0.4, 0.5) is 5.13 Å². The first-order chi connectivity index (χ1) is 13.4. The molecule has 3 rings (SSSR count). The number of aryl methyl sites for hydroxylation is 1. The molecular formula is C21H25Cl2N3OS2. The number of thioether (sulfide) groups is 1. The Balaban J connectivity index is 0.00000300. The minimum atomic E-state index is -0.0162. The lowest BCUT2D eigenvalue weighted by molar-refractivity contribution is 0.0986. The zero-order chi connectivity index (χ0) is 20.3. The molecule has 3 aromatic rings. The molecule has 1 amide bonds. The number of carbonyl (C=O) groups excluding carboxylic acids is 1. The molecular weight excluding hydrogens is 445 g/mol. The summed E-state index contributed by atoms with van der Waals surface area (Å²) in [6.07, 6.45) is 2.88. The summed E-state index contributed by atoms with van der Waals surface area (Å²) in [5.74, 6) is -0.0162. The van der Waals surface area contributed by atoms with Gasteiger partial charge in [-0.1, -0.05) is 29.0 Å². The fraction of sp³-hybridized carbons (Fsp3) is 0.333. The number of hydrogen-bond donors (Lipinski definition) is 0. The Hall–Kier alpha value is -1.31. The number of thiazole rings is 1. The number of hydrogen-bond acceptors (Lipinski definition) is 5. The summed E-state index contributed by atoms with van der Waals surface area (Å²) >= 11 is 9.36. The minimum Gasteiger partial charge on any atom is -0.309 e. The van der Waals surface area contributed by atoms with Gasteiger partial charge in [-0.2, -0.15) is 0 Å². The average molecular weight is 470 g/mol. The summed E-state index contributed by atoms with van der Waals surface area (Å²) in [6, 6.07) is 11.6. The van der Waals surface area contributed by atoms with E-state index in [0.29, 0.717) is 17.1 Å². The highest BCUT2D eigenvalue weighted by atomic mass is 35.5. The SMILES string of the molecule is CSc1cccc(C(=O)N(CCCN(C)C)c2nc3c(C)cc(Cl)cc3s2)c1.Cl. The van der Waals surface area contributed by atoms with Crippen molar-refractivity contribution in [2.24, 2.45) is 0 Å². The van der Waals surface area contributed by atoms with Gasteiger partial charge >= 0.3 is 0 Å². The molecule has 1 aromatic heterocycles. The Morgan fingerprint density at radius 1 is 1.21 bits per heavy atom. The maximum atomic E-state index is 13.4. The Labute approximate surface area is 191 Å². The number of carbonyl (C=O) groups is 1. The third-order valence-electron chi connectivity index (χ3n) is 4.42. The molecule has 0 radical (unpaired) electrons. The number of halogens is 2.